The van der Waals surface area contributed by atoms with Gasteiger partial charge in [-0.1, -0.05) is 26.0 Å². The highest BCUT2D eigenvalue weighted by molar-refractivity contribution is 6.02. The monoisotopic (exact) mass is 424 g/mol. The molecule has 2 amide bonds. The molecule has 6 nitrogen and oxygen atoms in total. The van der Waals surface area contributed by atoms with Crippen molar-refractivity contribution in [1.82, 2.24) is 5.32 Å². The van der Waals surface area contributed by atoms with E-state index in [-0.39, 0.29) is 11.6 Å². The van der Waals surface area contributed by atoms with Crippen molar-refractivity contribution in [2.24, 2.45) is 5.92 Å². The summed E-state index contributed by atoms with van der Waals surface area (Å²) < 4.78 is 46.0. The molecule has 1 atom stereocenters. The number of alkyl halides is 3. The van der Waals surface area contributed by atoms with Crippen LogP contribution in [0.15, 0.2) is 48.5 Å². The van der Waals surface area contributed by atoms with E-state index < -0.39 is 30.0 Å². The summed E-state index contributed by atoms with van der Waals surface area (Å²) in [6.07, 6.45) is -4.80. The molecule has 0 spiro atoms. The molecule has 0 bridgehead atoms. The molecule has 30 heavy (non-hydrogen) atoms. The molecule has 0 unspecified atom stereocenters. The molecule has 2 aromatic rings. The zero-order valence-electron chi connectivity index (χ0n) is 16.7. The van der Waals surface area contributed by atoms with E-state index in [0.717, 1.165) is 12.1 Å². The molecule has 0 fully saturated rings. The van der Waals surface area contributed by atoms with Crippen molar-refractivity contribution in [3.05, 3.63) is 54.1 Å². The van der Waals surface area contributed by atoms with E-state index >= 15 is 0 Å². The third-order valence-corrected chi connectivity index (χ3v) is 4.02. The minimum Gasteiger partial charge on any atom is -0.493 e. The van der Waals surface area contributed by atoms with Crippen LogP contribution in [0.4, 0.5) is 18.9 Å². The number of carbonyl (C=O) groups is 2. The van der Waals surface area contributed by atoms with Crippen molar-refractivity contribution in [1.29, 1.82) is 0 Å². The number of para-hydroxylation sites is 1. The summed E-state index contributed by atoms with van der Waals surface area (Å²) in [6, 6.07) is 10.5. The second-order valence-corrected chi connectivity index (χ2v) is 6.69. The molecular weight excluding hydrogens is 401 g/mol. The van der Waals surface area contributed by atoms with Crippen molar-refractivity contribution in [2.75, 3.05) is 11.9 Å². The predicted octanol–water partition coefficient (Wildman–Crippen LogP) is 4.38. The van der Waals surface area contributed by atoms with Gasteiger partial charge in [0, 0.05) is 5.69 Å². The minimum atomic E-state index is -4.80. The molecule has 0 aliphatic heterocycles. The molecule has 0 saturated heterocycles. The summed E-state index contributed by atoms with van der Waals surface area (Å²) in [5.74, 6) is -1.22. The van der Waals surface area contributed by atoms with Gasteiger partial charge in [-0.2, -0.15) is 0 Å². The van der Waals surface area contributed by atoms with Gasteiger partial charge in [-0.3, -0.25) is 9.59 Å². The first-order valence-electron chi connectivity index (χ1n) is 9.30. The fourth-order valence-corrected chi connectivity index (χ4v) is 2.65. The number of nitrogens with one attached hydrogen (secondary N) is 2. The molecule has 9 heteroatoms. The fraction of sp³-hybridized carbons (Fsp3) is 0.333. The van der Waals surface area contributed by atoms with Crippen LogP contribution in [0.5, 0.6) is 11.5 Å². The third kappa shape index (κ3) is 6.68. The van der Waals surface area contributed by atoms with Gasteiger partial charge in [-0.15, -0.1) is 13.2 Å². The quantitative estimate of drug-likeness (QED) is 0.660. The lowest BCUT2D eigenvalue weighted by atomic mass is 10.0. The van der Waals surface area contributed by atoms with Crippen LogP contribution in [0.25, 0.3) is 0 Å². The SMILES string of the molecule is CCOc1ccccc1C(=O)N[C@@H](C(=O)Nc1ccc(OC(F)(F)F)cc1)C(C)C. The molecule has 0 saturated carbocycles. The van der Waals surface area contributed by atoms with Crippen molar-refractivity contribution in [2.45, 2.75) is 33.2 Å². The van der Waals surface area contributed by atoms with Gasteiger partial charge in [-0.05, 0) is 49.2 Å². The second kappa shape index (κ2) is 10.00. The number of carbonyl (C=O) groups excluding carboxylic acids is 2. The first-order valence-corrected chi connectivity index (χ1v) is 9.30. The van der Waals surface area contributed by atoms with Gasteiger partial charge in [0.05, 0.1) is 12.2 Å². The highest BCUT2D eigenvalue weighted by atomic mass is 19.4. The summed E-state index contributed by atoms with van der Waals surface area (Å²) in [7, 11) is 0. The lowest BCUT2D eigenvalue weighted by Crippen LogP contribution is -2.47. The van der Waals surface area contributed by atoms with Gasteiger partial charge < -0.3 is 20.1 Å². The van der Waals surface area contributed by atoms with Crippen molar-refractivity contribution < 1.29 is 32.2 Å². The fourth-order valence-electron chi connectivity index (χ4n) is 2.65. The van der Waals surface area contributed by atoms with E-state index in [0.29, 0.717) is 17.9 Å². The molecule has 2 rings (SSSR count). The van der Waals surface area contributed by atoms with E-state index in [4.69, 9.17) is 4.74 Å². The Kier molecular flexibility index (Phi) is 7.68. The lowest BCUT2D eigenvalue weighted by molar-refractivity contribution is -0.274. The van der Waals surface area contributed by atoms with Gasteiger partial charge in [0.25, 0.3) is 5.91 Å². The number of anilines is 1. The molecule has 0 aromatic heterocycles. The molecule has 162 valence electrons. The molecule has 0 aliphatic rings. The first-order chi connectivity index (χ1) is 14.1. The highest BCUT2D eigenvalue weighted by Gasteiger charge is 2.31. The number of ether oxygens (including phenoxy) is 2. The number of benzene rings is 2. The van der Waals surface area contributed by atoms with E-state index in [1.54, 1.807) is 45.0 Å². The second-order valence-electron chi connectivity index (χ2n) is 6.69. The van der Waals surface area contributed by atoms with Crippen LogP contribution in [0.2, 0.25) is 0 Å². The molecule has 0 heterocycles. The average molecular weight is 424 g/mol. The van der Waals surface area contributed by atoms with Gasteiger partial charge in [0.1, 0.15) is 17.5 Å². The number of halogens is 3. The Bertz CT molecular complexity index is 867. The van der Waals surface area contributed by atoms with Crippen LogP contribution in [-0.2, 0) is 4.79 Å². The summed E-state index contributed by atoms with van der Waals surface area (Å²) >= 11 is 0. The van der Waals surface area contributed by atoms with Crippen molar-refractivity contribution in [3.8, 4) is 11.5 Å². The zero-order valence-corrected chi connectivity index (χ0v) is 16.7. The topological polar surface area (TPSA) is 76.7 Å². The van der Waals surface area contributed by atoms with Crippen molar-refractivity contribution in [3.63, 3.8) is 0 Å². The maximum absolute atomic E-state index is 12.7. The Labute approximate surface area is 172 Å². The summed E-state index contributed by atoms with van der Waals surface area (Å²) in [5, 5.41) is 5.28. The Hall–Kier alpha value is -3.23. The minimum absolute atomic E-state index is 0.249. The van der Waals surface area contributed by atoms with Crippen LogP contribution < -0.4 is 20.1 Å². The maximum Gasteiger partial charge on any atom is 0.573 e. The van der Waals surface area contributed by atoms with E-state index in [2.05, 4.69) is 15.4 Å². The zero-order chi connectivity index (χ0) is 22.3. The Morgan fingerprint density at radius 2 is 1.67 bits per heavy atom. The Morgan fingerprint density at radius 3 is 2.23 bits per heavy atom. The van der Waals surface area contributed by atoms with Crippen molar-refractivity contribution >= 4 is 17.5 Å². The van der Waals surface area contributed by atoms with Gasteiger partial charge in [0.2, 0.25) is 5.91 Å². The Balaban J connectivity index is 2.09. The van der Waals surface area contributed by atoms with E-state index in [1.165, 1.54) is 12.1 Å². The summed E-state index contributed by atoms with van der Waals surface area (Å²) in [4.78, 5) is 25.4. The number of rotatable bonds is 8. The summed E-state index contributed by atoms with van der Waals surface area (Å²) in [5.41, 5.74) is 0.565. The van der Waals surface area contributed by atoms with Crippen LogP contribution in [0.1, 0.15) is 31.1 Å². The van der Waals surface area contributed by atoms with Gasteiger partial charge >= 0.3 is 6.36 Å². The Morgan fingerprint density at radius 1 is 1.03 bits per heavy atom. The number of amides is 2. The van der Waals surface area contributed by atoms with Crippen LogP contribution in [0, 0.1) is 5.92 Å². The average Bonchev–Trinajstić information content (AvgIpc) is 2.66. The molecule has 0 radical (unpaired) electrons. The lowest BCUT2D eigenvalue weighted by Gasteiger charge is -2.22. The smallest absolute Gasteiger partial charge is 0.493 e. The van der Waals surface area contributed by atoms with Gasteiger partial charge in [-0.25, -0.2) is 0 Å². The molecular formula is C21H23F3N2O4. The predicted molar refractivity (Wildman–Crippen MR) is 105 cm³/mol. The molecule has 0 aliphatic carbocycles. The highest BCUT2D eigenvalue weighted by Crippen LogP contribution is 2.24. The number of hydrogen-bond acceptors (Lipinski definition) is 4. The summed E-state index contributed by atoms with van der Waals surface area (Å²) in [6.45, 7) is 5.70. The number of hydrogen-bond donors (Lipinski definition) is 2. The maximum atomic E-state index is 12.7. The molecule has 2 N–H and O–H groups in total. The van der Waals surface area contributed by atoms with Crippen LogP contribution >= 0.6 is 0 Å². The first kappa shape index (κ1) is 23.1. The van der Waals surface area contributed by atoms with E-state index in [1.807, 2.05) is 0 Å². The van der Waals surface area contributed by atoms with E-state index in [9.17, 15) is 22.8 Å². The van der Waals surface area contributed by atoms with Crippen LogP contribution in [0.3, 0.4) is 0 Å². The molecule has 2 aromatic carbocycles. The van der Waals surface area contributed by atoms with Gasteiger partial charge in [0.15, 0.2) is 0 Å². The third-order valence-electron chi connectivity index (χ3n) is 4.02. The normalized spacial score (nSPS) is 12.2. The van der Waals surface area contributed by atoms with Crippen LogP contribution in [-0.4, -0.2) is 30.8 Å². The largest absolute Gasteiger partial charge is 0.573 e. The standard InChI is InChI=1S/C21H23F3N2O4/c1-4-29-17-8-6-5-7-16(17)19(27)26-18(13(2)3)20(28)25-14-9-11-15(12-10-14)30-21(22,23)24/h5-13,18H,4H2,1-3H3,(H,25,28)(H,26,27)/t18-/m1/s1.